The number of hydrogen-bond donors (Lipinski definition) is 1. The van der Waals surface area contributed by atoms with Gasteiger partial charge in [-0.3, -0.25) is 0 Å². The lowest BCUT2D eigenvalue weighted by atomic mass is 10.2. The van der Waals surface area contributed by atoms with Crippen LogP contribution in [0, 0.1) is 6.92 Å². The summed E-state index contributed by atoms with van der Waals surface area (Å²) in [6.07, 6.45) is 0. The summed E-state index contributed by atoms with van der Waals surface area (Å²) >= 11 is 0. The average molecular weight is 276 g/mol. The Morgan fingerprint density at radius 3 is 2.55 bits per heavy atom. The van der Waals surface area contributed by atoms with Gasteiger partial charge in [0.15, 0.2) is 0 Å². The molecule has 0 saturated heterocycles. The van der Waals surface area contributed by atoms with Gasteiger partial charge in [0.2, 0.25) is 0 Å². The number of aromatic carboxylic acids is 1. The van der Waals surface area contributed by atoms with Gasteiger partial charge in [-0.1, -0.05) is 6.07 Å². The van der Waals surface area contributed by atoms with Crippen LogP contribution in [0.2, 0.25) is 0 Å². The first-order chi connectivity index (χ1) is 9.60. The molecule has 106 valence electrons. The summed E-state index contributed by atoms with van der Waals surface area (Å²) in [5, 5.41) is 8.94. The molecule has 0 atom stereocenters. The largest absolute Gasteiger partial charge is 0.494 e. The van der Waals surface area contributed by atoms with Crippen LogP contribution in [0.5, 0.6) is 11.5 Å². The molecule has 0 bridgehead atoms. The van der Waals surface area contributed by atoms with E-state index in [1.807, 2.05) is 19.1 Å². The van der Waals surface area contributed by atoms with E-state index in [1.165, 1.54) is 6.07 Å². The van der Waals surface area contributed by atoms with Gasteiger partial charge in [0.05, 0.1) is 6.61 Å². The molecule has 1 heterocycles. The molecule has 5 nitrogen and oxygen atoms in total. The van der Waals surface area contributed by atoms with E-state index in [1.54, 1.807) is 19.1 Å². The second kappa shape index (κ2) is 6.14. The summed E-state index contributed by atoms with van der Waals surface area (Å²) in [5.74, 6) is 1.21. The van der Waals surface area contributed by atoms with Crippen molar-refractivity contribution in [2.75, 3.05) is 6.61 Å². The van der Waals surface area contributed by atoms with Gasteiger partial charge in [0.25, 0.3) is 0 Å². The van der Waals surface area contributed by atoms with E-state index in [2.05, 4.69) is 0 Å². The monoisotopic (exact) mass is 276 g/mol. The lowest BCUT2D eigenvalue weighted by molar-refractivity contribution is 0.0695. The van der Waals surface area contributed by atoms with Crippen LogP contribution < -0.4 is 9.47 Å². The van der Waals surface area contributed by atoms with E-state index in [0.29, 0.717) is 23.9 Å². The van der Waals surface area contributed by atoms with Crippen molar-refractivity contribution in [2.24, 2.45) is 0 Å². The number of hydrogen-bond acceptors (Lipinski definition) is 4. The second-order valence-electron chi connectivity index (χ2n) is 4.18. The lowest BCUT2D eigenvalue weighted by Gasteiger charge is -2.07. The highest BCUT2D eigenvalue weighted by atomic mass is 16.5. The molecule has 20 heavy (non-hydrogen) atoms. The van der Waals surface area contributed by atoms with E-state index >= 15 is 0 Å². The third-order valence-electron chi connectivity index (χ3n) is 2.70. The molecule has 0 saturated carbocycles. The third kappa shape index (κ3) is 3.32. The Balaban J connectivity index is 2.03. The van der Waals surface area contributed by atoms with Gasteiger partial charge in [-0.15, -0.1) is 0 Å². The van der Waals surface area contributed by atoms with Crippen molar-refractivity contribution < 1.29 is 23.8 Å². The molecule has 0 amide bonds. The van der Waals surface area contributed by atoms with Crippen molar-refractivity contribution in [3.8, 4) is 11.5 Å². The van der Waals surface area contributed by atoms with Crippen molar-refractivity contribution in [2.45, 2.75) is 20.5 Å². The molecule has 0 fully saturated rings. The summed E-state index contributed by atoms with van der Waals surface area (Å²) in [4.78, 5) is 10.9. The molecule has 1 aromatic carbocycles. The predicted octanol–water partition coefficient (Wildman–Crippen LogP) is 3.26. The fraction of sp³-hybridized carbons (Fsp3) is 0.267. The third-order valence-corrected chi connectivity index (χ3v) is 2.70. The zero-order valence-electron chi connectivity index (χ0n) is 11.4. The van der Waals surface area contributed by atoms with Gasteiger partial charge in [-0.2, -0.15) is 0 Å². The Morgan fingerprint density at radius 2 is 1.95 bits per heavy atom. The van der Waals surface area contributed by atoms with E-state index in [0.717, 1.165) is 5.75 Å². The smallest absolute Gasteiger partial charge is 0.339 e. The quantitative estimate of drug-likeness (QED) is 0.877. The first kappa shape index (κ1) is 14.0. The molecule has 2 rings (SSSR count). The molecule has 0 unspecified atom stereocenters. The molecule has 1 N–H and O–H groups in total. The Kier molecular flexibility index (Phi) is 4.30. The van der Waals surface area contributed by atoms with Gasteiger partial charge in [0.1, 0.15) is 35.2 Å². The molecule has 0 radical (unpaired) electrons. The van der Waals surface area contributed by atoms with E-state index < -0.39 is 5.97 Å². The number of aryl methyl sites for hydroxylation is 1. The van der Waals surface area contributed by atoms with Gasteiger partial charge in [-0.25, -0.2) is 4.79 Å². The highest BCUT2D eigenvalue weighted by molar-refractivity contribution is 5.88. The van der Waals surface area contributed by atoms with Crippen LogP contribution in [0.4, 0.5) is 0 Å². The number of rotatable bonds is 6. The van der Waals surface area contributed by atoms with Crippen molar-refractivity contribution in [3.05, 3.63) is 47.4 Å². The predicted molar refractivity (Wildman–Crippen MR) is 72.3 cm³/mol. The van der Waals surface area contributed by atoms with Crippen molar-refractivity contribution >= 4 is 5.97 Å². The maximum absolute atomic E-state index is 10.9. The van der Waals surface area contributed by atoms with Crippen LogP contribution in [0.3, 0.4) is 0 Å². The number of carbonyl (C=O) groups is 1. The molecule has 0 aliphatic carbocycles. The minimum Gasteiger partial charge on any atom is -0.494 e. The molecular weight excluding hydrogens is 260 g/mol. The van der Waals surface area contributed by atoms with Crippen LogP contribution >= 0.6 is 0 Å². The zero-order valence-corrected chi connectivity index (χ0v) is 11.4. The van der Waals surface area contributed by atoms with Gasteiger partial charge < -0.3 is 19.0 Å². The molecular formula is C15H16O5. The number of furan rings is 1. The topological polar surface area (TPSA) is 68.9 Å². The minimum atomic E-state index is -1.00. The average Bonchev–Trinajstić information content (AvgIpc) is 2.79. The van der Waals surface area contributed by atoms with Crippen molar-refractivity contribution in [1.29, 1.82) is 0 Å². The number of carboxylic acids is 1. The van der Waals surface area contributed by atoms with Crippen LogP contribution in [0.1, 0.15) is 28.8 Å². The molecule has 2 aromatic rings. The first-order valence-electron chi connectivity index (χ1n) is 6.28. The summed E-state index contributed by atoms with van der Waals surface area (Å²) in [6, 6.07) is 8.73. The number of benzene rings is 1. The Morgan fingerprint density at radius 1 is 1.25 bits per heavy atom. The van der Waals surface area contributed by atoms with Gasteiger partial charge in [-0.05, 0) is 32.0 Å². The summed E-state index contributed by atoms with van der Waals surface area (Å²) < 4.78 is 16.3. The number of carboxylic acid groups (broad SMARTS) is 1. The standard InChI is InChI=1S/C15H16O5/c1-3-18-11-5-4-6-12(7-11)19-9-13-8-14(15(16)17)10(2)20-13/h4-8H,3,9H2,1-2H3,(H,16,17). The fourth-order valence-electron chi connectivity index (χ4n) is 1.80. The van der Waals surface area contributed by atoms with E-state index in [9.17, 15) is 4.79 Å². The SMILES string of the molecule is CCOc1cccc(OCc2cc(C(=O)O)c(C)o2)c1. The molecule has 0 aliphatic rings. The molecule has 0 aliphatic heterocycles. The Labute approximate surface area is 116 Å². The minimum absolute atomic E-state index is 0.159. The lowest BCUT2D eigenvalue weighted by Crippen LogP contribution is -1.96. The van der Waals surface area contributed by atoms with E-state index in [4.69, 9.17) is 19.0 Å². The zero-order chi connectivity index (χ0) is 14.5. The van der Waals surface area contributed by atoms with Crippen molar-refractivity contribution in [3.63, 3.8) is 0 Å². The van der Waals surface area contributed by atoms with Crippen molar-refractivity contribution in [1.82, 2.24) is 0 Å². The van der Waals surface area contributed by atoms with Gasteiger partial charge in [0, 0.05) is 6.07 Å². The maximum atomic E-state index is 10.9. The second-order valence-corrected chi connectivity index (χ2v) is 4.18. The molecule has 0 spiro atoms. The normalized spacial score (nSPS) is 10.3. The summed E-state index contributed by atoms with van der Waals surface area (Å²) in [5.41, 5.74) is 0.159. The molecule has 1 aromatic heterocycles. The Hall–Kier alpha value is -2.43. The van der Waals surface area contributed by atoms with Crippen LogP contribution in [-0.2, 0) is 6.61 Å². The van der Waals surface area contributed by atoms with E-state index in [-0.39, 0.29) is 12.2 Å². The fourth-order valence-corrected chi connectivity index (χ4v) is 1.80. The highest BCUT2D eigenvalue weighted by Crippen LogP contribution is 2.21. The van der Waals surface area contributed by atoms with Crippen LogP contribution in [-0.4, -0.2) is 17.7 Å². The number of ether oxygens (including phenoxy) is 2. The highest BCUT2D eigenvalue weighted by Gasteiger charge is 2.13. The molecule has 5 heteroatoms. The summed E-state index contributed by atoms with van der Waals surface area (Å²) in [7, 11) is 0. The summed E-state index contributed by atoms with van der Waals surface area (Å²) in [6.45, 7) is 4.28. The van der Waals surface area contributed by atoms with Gasteiger partial charge >= 0.3 is 5.97 Å². The first-order valence-corrected chi connectivity index (χ1v) is 6.28. The van der Waals surface area contributed by atoms with Crippen LogP contribution in [0.15, 0.2) is 34.7 Å². The maximum Gasteiger partial charge on any atom is 0.339 e. The van der Waals surface area contributed by atoms with Crippen LogP contribution in [0.25, 0.3) is 0 Å². The Bertz CT molecular complexity index is 600.